The molecule has 1 N–H and O–H groups in total. The summed E-state index contributed by atoms with van der Waals surface area (Å²) in [6, 6.07) is 9.62. The average Bonchev–Trinajstić information content (AvgIpc) is 3.40. The van der Waals surface area contributed by atoms with Crippen molar-refractivity contribution in [3.8, 4) is 5.75 Å². The number of aryl methyl sites for hydroxylation is 1. The van der Waals surface area contributed by atoms with Crippen molar-refractivity contribution in [1.29, 1.82) is 0 Å². The van der Waals surface area contributed by atoms with Gasteiger partial charge in [-0.25, -0.2) is 4.68 Å². The van der Waals surface area contributed by atoms with Gasteiger partial charge in [-0.15, -0.1) is 5.10 Å². The number of benzene rings is 1. The van der Waals surface area contributed by atoms with Crippen molar-refractivity contribution >= 4 is 5.91 Å². The van der Waals surface area contributed by atoms with Gasteiger partial charge >= 0.3 is 0 Å². The van der Waals surface area contributed by atoms with Crippen LogP contribution in [0.2, 0.25) is 0 Å². The molecule has 146 valence electrons. The topological polar surface area (TPSA) is 96.1 Å². The van der Waals surface area contributed by atoms with Gasteiger partial charge in [0.15, 0.2) is 5.69 Å². The Labute approximate surface area is 162 Å². The van der Waals surface area contributed by atoms with E-state index in [-0.39, 0.29) is 12.0 Å². The summed E-state index contributed by atoms with van der Waals surface area (Å²) in [4.78, 5) is 12.4. The number of carbonyl (C=O) groups is 1. The third-order valence-electron chi connectivity index (χ3n) is 4.71. The summed E-state index contributed by atoms with van der Waals surface area (Å²) in [5.74, 6) is 0.570. The highest BCUT2D eigenvalue weighted by Crippen LogP contribution is 2.28. The normalized spacial score (nSPS) is 15.8. The van der Waals surface area contributed by atoms with Crippen LogP contribution < -0.4 is 10.1 Å². The zero-order chi connectivity index (χ0) is 19.3. The second-order valence-corrected chi connectivity index (χ2v) is 6.52. The molecule has 1 amide bonds. The number of ether oxygens (including phenoxy) is 2. The van der Waals surface area contributed by atoms with Crippen molar-refractivity contribution < 1.29 is 14.3 Å². The summed E-state index contributed by atoms with van der Waals surface area (Å²) in [6.45, 7) is 2.10. The smallest absolute Gasteiger partial charge is 0.273 e. The molecule has 9 nitrogen and oxygen atoms in total. The lowest BCUT2D eigenvalue weighted by molar-refractivity contribution is -0.00179. The first-order valence-corrected chi connectivity index (χ1v) is 9.18. The van der Waals surface area contributed by atoms with Gasteiger partial charge in [-0.3, -0.25) is 9.48 Å². The van der Waals surface area contributed by atoms with Crippen LogP contribution in [-0.4, -0.2) is 44.3 Å². The van der Waals surface area contributed by atoms with Crippen LogP contribution in [0.25, 0.3) is 0 Å². The summed E-state index contributed by atoms with van der Waals surface area (Å²) >= 11 is 0. The molecule has 2 aromatic heterocycles. The van der Waals surface area contributed by atoms with Gasteiger partial charge in [0.05, 0.1) is 26.0 Å². The second-order valence-electron chi connectivity index (χ2n) is 6.52. The Morgan fingerprint density at radius 3 is 2.96 bits per heavy atom. The summed E-state index contributed by atoms with van der Waals surface area (Å²) in [5, 5.41) is 15.2. The molecule has 4 rings (SSSR count). The first-order valence-electron chi connectivity index (χ1n) is 9.18. The van der Waals surface area contributed by atoms with Crippen LogP contribution in [0.5, 0.6) is 5.75 Å². The van der Waals surface area contributed by atoms with E-state index in [9.17, 15) is 4.79 Å². The number of amides is 1. The van der Waals surface area contributed by atoms with Crippen molar-refractivity contribution in [3.05, 3.63) is 59.7 Å². The maximum atomic E-state index is 12.4. The molecule has 1 aliphatic heterocycles. The van der Waals surface area contributed by atoms with Crippen LogP contribution in [0.15, 0.2) is 42.7 Å². The third kappa shape index (κ3) is 3.89. The number of nitrogens with zero attached hydrogens (tertiary/aromatic N) is 5. The lowest BCUT2D eigenvalue weighted by Gasteiger charge is -2.24. The van der Waals surface area contributed by atoms with E-state index in [2.05, 4.69) is 20.7 Å². The molecule has 0 radical (unpaired) electrons. The molecular formula is C19H22N6O3. The molecule has 0 fully saturated rings. The predicted molar refractivity (Wildman–Crippen MR) is 99.7 cm³/mol. The van der Waals surface area contributed by atoms with E-state index in [1.54, 1.807) is 18.0 Å². The number of hydrogen-bond acceptors (Lipinski definition) is 6. The SMILES string of the molecule is COc1ccc([C@@H]2Cn3nnc(C(=O)NCCCn4cccn4)c3CO2)cc1. The van der Waals surface area contributed by atoms with Crippen LogP contribution in [0, 0.1) is 0 Å². The highest BCUT2D eigenvalue weighted by molar-refractivity contribution is 5.93. The standard InChI is InChI=1S/C19H22N6O3/c1-27-15-6-4-14(5-7-15)17-12-25-16(13-28-17)18(22-23-25)19(26)20-8-2-10-24-11-3-9-21-24/h3-7,9,11,17H,2,8,10,12-13H2,1H3,(H,20,26)/t17-/m0/s1. The number of aromatic nitrogens is 5. The average molecular weight is 382 g/mol. The summed E-state index contributed by atoms with van der Waals surface area (Å²) < 4.78 is 14.7. The molecule has 0 aliphatic carbocycles. The van der Waals surface area contributed by atoms with E-state index in [0.717, 1.165) is 24.3 Å². The van der Waals surface area contributed by atoms with Gasteiger partial charge in [0.2, 0.25) is 0 Å². The quantitative estimate of drug-likeness (QED) is 0.623. The Bertz CT molecular complexity index is 920. The van der Waals surface area contributed by atoms with E-state index in [4.69, 9.17) is 9.47 Å². The van der Waals surface area contributed by atoms with Gasteiger partial charge in [-0.1, -0.05) is 17.3 Å². The maximum Gasteiger partial charge on any atom is 0.273 e. The molecule has 1 aromatic carbocycles. The van der Waals surface area contributed by atoms with Crippen molar-refractivity contribution in [2.45, 2.75) is 32.2 Å². The highest BCUT2D eigenvalue weighted by Gasteiger charge is 2.27. The summed E-state index contributed by atoms with van der Waals surface area (Å²) in [5.41, 5.74) is 2.06. The molecule has 0 bridgehead atoms. The van der Waals surface area contributed by atoms with Gasteiger partial charge in [-0.05, 0) is 30.2 Å². The van der Waals surface area contributed by atoms with Crippen molar-refractivity contribution in [2.24, 2.45) is 0 Å². The zero-order valence-electron chi connectivity index (χ0n) is 15.6. The Morgan fingerprint density at radius 1 is 1.36 bits per heavy atom. The first kappa shape index (κ1) is 18.2. The molecule has 0 spiro atoms. The summed E-state index contributed by atoms with van der Waals surface area (Å²) in [7, 11) is 1.64. The first-order chi connectivity index (χ1) is 13.7. The number of fused-ring (bicyclic) bond motifs is 1. The molecule has 9 heteroatoms. The van der Waals surface area contributed by atoms with Crippen molar-refractivity contribution in [1.82, 2.24) is 30.1 Å². The van der Waals surface area contributed by atoms with E-state index < -0.39 is 0 Å². The molecule has 0 unspecified atom stereocenters. The Kier molecular flexibility index (Phi) is 5.34. The number of carbonyl (C=O) groups excluding carboxylic acids is 1. The minimum atomic E-state index is -0.229. The highest BCUT2D eigenvalue weighted by atomic mass is 16.5. The molecule has 1 aliphatic rings. The van der Waals surface area contributed by atoms with Crippen LogP contribution in [0.3, 0.4) is 0 Å². The fourth-order valence-electron chi connectivity index (χ4n) is 3.17. The zero-order valence-corrected chi connectivity index (χ0v) is 15.6. The van der Waals surface area contributed by atoms with Gasteiger partial charge in [-0.2, -0.15) is 5.10 Å². The molecule has 3 heterocycles. The minimum Gasteiger partial charge on any atom is -0.497 e. The largest absolute Gasteiger partial charge is 0.497 e. The second kappa shape index (κ2) is 8.22. The van der Waals surface area contributed by atoms with Crippen LogP contribution in [0.4, 0.5) is 0 Å². The monoisotopic (exact) mass is 382 g/mol. The van der Waals surface area contributed by atoms with Gasteiger partial charge in [0.1, 0.15) is 11.9 Å². The summed E-state index contributed by atoms with van der Waals surface area (Å²) in [6.07, 6.45) is 4.28. The molecule has 1 atom stereocenters. The Balaban J connectivity index is 1.34. The minimum absolute atomic E-state index is 0.134. The molecule has 0 saturated carbocycles. The molecule has 28 heavy (non-hydrogen) atoms. The van der Waals surface area contributed by atoms with Crippen molar-refractivity contribution in [3.63, 3.8) is 0 Å². The lowest BCUT2D eigenvalue weighted by Crippen LogP contribution is -2.28. The van der Waals surface area contributed by atoms with Gasteiger partial charge < -0.3 is 14.8 Å². The Morgan fingerprint density at radius 2 is 2.21 bits per heavy atom. The van der Waals surface area contributed by atoms with Crippen LogP contribution in [-0.2, 0) is 24.4 Å². The predicted octanol–water partition coefficient (Wildman–Crippen LogP) is 1.57. The maximum absolute atomic E-state index is 12.4. The third-order valence-corrected chi connectivity index (χ3v) is 4.71. The number of methoxy groups -OCH3 is 1. The molecular weight excluding hydrogens is 360 g/mol. The number of hydrogen-bond donors (Lipinski definition) is 1. The molecule has 3 aromatic rings. The van der Waals surface area contributed by atoms with Crippen LogP contribution in [0.1, 0.15) is 34.3 Å². The van der Waals surface area contributed by atoms with Crippen molar-refractivity contribution in [2.75, 3.05) is 13.7 Å². The fraction of sp³-hybridized carbons (Fsp3) is 0.368. The van der Waals surface area contributed by atoms with Crippen LogP contribution >= 0.6 is 0 Å². The number of rotatable bonds is 7. The number of nitrogens with one attached hydrogen (secondary N) is 1. The van der Waals surface area contributed by atoms with E-state index >= 15 is 0 Å². The van der Waals surface area contributed by atoms with E-state index in [0.29, 0.717) is 31.1 Å². The Hall–Kier alpha value is -3.20. The lowest BCUT2D eigenvalue weighted by atomic mass is 10.1. The molecule has 0 saturated heterocycles. The van der Waals surface area contributed by atoms with E-state index in [1.807, 2.05) is 41.2 Å². The van der Waals surface area contributed by atoms with E-state index in [1.165, 1.54) is 0 Å². The van der Waals surface area contributed by atoms with Gasteiger partial charge in [0.25, 0.3) is 5.91 Å². The fourth-order valence-corrected chi connectivity index (χ4v) is 3.17. The van der Waals surface area contributed by atoms with Gasteiger partial charge in [0, 0.05) is 25.5 Å².